The zero-order valence-corrected chi connectivity index (χ0v) is 10.0. The third-order valence-corrected chi connectivity index (χ3v) is 2.39. The highest BCUT2D eigenvalue weighted by Crippen LogP contribution is 2.03. The van der Waals surface area contributed by atoms with E-state index in [0.29, 0.717) is 6.42 Å². The molecule has 4 heteroatoms. The number of carbonyl (C=O) groups excluding carboxylic acids is 2. The van der Waals surface area contributed by atoms with E-state index in [0.717, 1.165) is 5.56 Å². The van der Waals surface area contributed by atoms with Gasteiger partial charge in [-0.25, -0.2) is 0 Å². The van der Waals surface area contributed by atoms with Crippen molar-refractivity contribution >= 4 is 11.9 Å². The van der Waals surface area contributed by atoms with Gasteiger partial charge in [0.15, 0.2) is 5.92 Å². The Morgan fingerprint density at radius 2 is 1.82 bits per heavy atom. The van der Waals surface area contributed by atoms with Crippen molar-refractivity contribution < 1.29 is 19.1 Å². The minimum Gasteiger partial charge on any atom is -0.468 e. The fraction of sp³-hybridized carbons (Fsp3) is 0.385. The highest BCUT2D eigenvalue weighted by Gasteiger charge is 2.23. The van der Waals surface area contributed by atoms with E-state index in [1.165, 1.54) is 14.0 Å². The molecule has 4 nitrogen and oxygen atoms in total. The van der Waals surface area contributed by atoms with Crippen molar-refractivity contribution in [1.29, 1.82) is 0 Å². The molecule has 0 aliphatic carbocycles. The Morgan fingerprint density at radius 3 is 2.41 bits per heavy atom. The molecule has 0 bridgehead atoms. The van der Waals surface area contributed by atoms with Gasteiger partial charge in [0.2, 0.25) is 0 Å². The summed E-state index contributed by atoms with van der Waals surface area (Å²) < 4.78 is 9.45. The number of carbonyl (C=O) groups is 2. The summed E-state index contributed by atoms with van der Waals surface area (Å²) in [5, 5.41) is 0. The normalized spacial score (nSPS) is 11.6. The highest BCUT2D eigenvalue weighted by atomic mass is 16.5. The first-order valence-electron chi connectivity index (χ1n) is 5.43. The molecule has 1 unspecified atom stereocenters. The quantitative estimate of drug-likeness (QED) is 0.575. The van der Waals surface area contributed by atoms with Crippen LogP contribution >= 0.6 is 0 Å². The summed E-state index contributed by atoms with van der Waals surface area (Å²) in [5.74, 6) is -1.99. The molecule has 17 heavy (non-hydrogen) atoms. The first-order valence-corrected chi connectivity index (χ1v) is 5.43. The van der Waals surface area contributed by atoms with Crippen molar-refractivity contribution in [2.75, 3.05) is 13.7 Å². The van der Waals surface area contributed by atoms with Crippen molar-refractivity contribution in [3.63, 3.8) is 0 Å². The van der Waals surface area contributed by atoms with E-state index < -0.39 is 17.9 Å². The van der Waals surface area contributed by atoms with Crippen LogP contribution in [0, 0.1) is 5.92 Å². The van der Waals surface area contributed by atoms with Gasteiger partial charge in [-0.15, -0.1) is 0 Å². The van der Waals surface area contributed by atoms with Crippen LogP contribution in [0.1, 0.15) is 12.5 Å². The van der Waals surface area contributed by atoms with Crippen LogP contribution in [0.4, 0.5) is 0 Å². The fourth-order valence-electron chi connectivity index (χ4n) is 1.31. The summed E-state index contributed by atoms with van der Waals surface area (Å²) in [4.78, 5) is 22.5. The average Bonchev–Trinajstić information content (AvgIpc) is 2.38. The number of esters is 2. The third-order valence-electron chi connectivity index (χ3n) is 2.39. The highest BCUT2D eigenvalue weighted by molar-refractivity contribution is 5.94. The maximum Gasteiger partial charge on any atom is 0.320 e. The lowest BCUT2D eigenvalue weighted by Gasteiger charge is -2.09. The first-order chi connectivity index (χ1) is 8.15. The van der Waals surface area contributed by atoms with Gasteiger partial charge in [-0.05, 0) is 12.5 Å². The second-order valence-electron chi connectivity index (χ2n) is 3.65. The topological polar surface area (TPSA) is 52.6 Å². The molecule has 0 spiro atoms. The second kappa shape index (κ2) is 6.68. The van der Waals surface area contributed by atoms with E-state index in [-0.39, 0.29) is 6.61 Å². The monoisotopic (exact) mass is 236 g/mol. The molecule has 1 rings (SSSR count). The molecule has 0 saturated carbocycles. The molecular formula is C13H16O4. The molecule has 0 heterocycles. The molecule has 1 atom stereocenters. The van der Waals surface area contributed by atoms with Crippen molar-refractivity contribution in [3.8, 4) is 0 Å². The Hall–Kier alpha value is -1.84. The summed E-state index contributed by atoms with van der Waals surface area (Å²) in [6.07, 6.45) is 0.639. The SMILES string of the molecule is COC(=O)C(C)C(=O)OCCc1ccccc1. The van der Waals surface area contributed by atoms with Gasteiger partial charge in [0.25, 0.3) is 0 Å². The molecule has 0 aliphatic heterocycles. The van der Waals surface area contributed by atoms with Crippen LogP contribution in [0.3, 0.4) is 0 Å². The molecule has 1 aromatic rings. The van der Waals surface area contributed by atoms with E-state index >= 15 is 0 Å². The van der Waals surface area contributed by atoms with Gasteiger partial charge in [0, 0.05) is 6.42 Å². The van der Waals surface area contributed by atoms with Crippen LogP contribution in [0.2, 0.25) is 0 Å². The lowest BCUT2D eigenvalue weighted by Crippen LogP contribution is -2.25. The van der Waals surface area contributed by atoms with E-state index in [9.17, 15) is 9.59 Å². The van der Waals surface area contributed by atoms with Gasteiger partial charge in [0.1, 0.15) is 0 Å². The van der Waals surface area contributed by atoms with Gasteiger partial charge in [0.05, 0.1) is 13.7 Å². The molecular weight excluding hydrogens is 220 g/mol. The number of rotatable bonds is 5. The van der Waals surface area contributed by atoms with Gasteiger partial charge in [-0.1, -0.05) is 30.3 Å². The summed E-state index contributed by atoms with van der Waals surface area (Å²) in [5.41, 5.74) is 1.09. The molecule has 0 aromatic heterocycles. The second-order valence-corrected chi connectivity index (χ2v) is 3.65. The van der Waals surface area contributed by atoms with Gasteiger partial charge >= 0.3 is 11.9 Å². The zero-order valence-electron chi connectivity index (χ0n) is 10.0. The predicted molar refractivity (Wildman–Crippen MR) is 62.3 cm³/mol. The minimum absolute atomic E-state index is 0.268. The molecule has 0 amide bonds. The van der Waals surface area contributed by atoms with Crippen LogP contribution in [0.25, 0.3) is 0 Å². The van der Waals surface area contributed by atoms with Crippen LogP contribution in [0.15, 0.2) is 30.3 Å². The molecule has 1 aromatic carbocycles. The lowest BCUT2D eigenvalue weighted by atomic mass is 10.1. The number of hydrogen-bond acceptors (Lipinski definition) is 4. The Bertz CT molecular complexity index is 372. The Balaban J connectivity index is 2.32. The van der Waals surface area contributed by atoms with Gasteiger partial charge < -0.3 is 9.47 Å². The van der Waals surface area contributed by atoms with Crippen LogP contribution < -0.4 is 0 Å². The van der Waals surface area contributed by atoms with E-state index in [1.54, 1.807) is 0 Å². The first kappa shape index (κ1) is 13.2. The molecule has 0 fully saturated rings. The average molecular weight is 236 g/mol. The smallest absolute Gasteiger partial charge is 0.320 e. The summed E-state index contributed by atoms with van der Waals surface area (Å²) in [6.45, 7) is 1.74. The van der Waals surface area contributed by atoms with Gasteiger partial charge in [-0.2, -0.15) is 0 Å². The summed E-state index contributed by atoms with van der Waals surface area (Å²) in [6, 6.07) is 9.69. The van der Waals surface area contributed by atoms with Crippen molar-refractivity contribution in [3.05, 3.63) is 35.9 Å². The molecule has 92 valence electrons. The van der Waals surface area contributed by atoms with Crippen LogP contribution in [0.5, 0.6) is 0 Å². The molecule has 0 N–H and O–H groups in total. The largest absolute Gasteiger partial charge is 0.468 e. The maximum atomic E-state index is 11.4. The Kier molecular flexibility index (Phi) is 5.20. The third kappa shape index (κ3) is 4.26. The van der Waals surface area contributed by atoms with Crippen LogP contribution in [-0.4, -0.2) is 25.7 Å². The molecule has 0 radical (unpaired) electrons. The minimum atomic E-state index is -0.865. The maximum absolute atomic E-state index is 11.4. The Labute approximate surface area is 101 Å². The molecule has 0 saturated heterocycles. The number of ether oxygens (including phenoxy) is 2. The fourth-order valence-corrected chi connectivity index (χ4v) is 1.31. The van der Waals surface area contributed by atoms with E-state index in [4.69, 9.17) is 4.74 Å². The summed E-state index contributed by atoms with van der Waals surface area (Å²) >= 11 is 0. The van der Waals surface area contributed by atoms with E-state index in [2.05, 4.69) is 4.74 Å². The van der Waals surface area contributed by atoms with Crippen molar-refractivity contribution in [2.45, 2.75) is 13.3 Å². The standard InChI is InChI=1S/C13H16O4/c1-10(12(14)16-2)13(15)17-9-8-11-6-4-3-5-7-11/h3-7,10H,8-9H2,1-2H3. The van der Waals surface area contributed by atoms with Gasteiger partial charge in [-0.3, -0.25) is 9.59 Å². The summed E-state index contributed by atoms with van der Waals surface area (Å²) in [7, 11) is 1.25. The number of methoxy groups -OCH3 is 1. The van der Waals surface area contributed by atoms with E-state index in [1.807, 2.05) is 30.3 Å². The lowest BCUT2D eigenvalue weighted by molar-refractivity contribution is -0.159. The Morgan fingerprint density at radius 1 is 1.18 bits per heavy atom. The van der Waals surface area contributed by atoms with Crippen molar-refractivity contribution in [2.24, 2.45) is 5.92 Å². The number of hydrogen-bond donors (Lipinski definition) is 0. The van der Waals surface area contributed by atoms with Crippen LogP contribution in [-0.2, 0) is 25.5 Å². The molecule has 0 aliphatic rings. The number of benzene rings is 1. The zero-order chi connectivity index (χ0) is 12.7. The van der Waals surface area contributed by atoms with Crippen molar-refractivity contribution in [1.82, 2.24) is 0 Å². The predicted octanol–water partition coefficient (Wildman–Crippen LogP) is 1.58.